The first-order chi connectivity index (χ1) is 7.43. The SMILES string of the molecule is CC1(F)CCC(N)(c2ccccc2O)CC1. The van der Waals surface area contributed by atoms with E-state index in [2.05, 4.69) is 0 Å². The highest BCUT2D eigenvalue weighted by molar-refractivity contribution is 5.38. The van der Waals surface area contributed by atoms with Crippen molar-refractivity contribution < 1.29 is 9.50 Å². The third-order valence-corrected chi connectivity index (χ3v) is 3.63. The highest BCUT2D eigenvalue weighted by Crippen LogP contribution is 2.43. The molecule has 3 heteroatoms. The maximum atomic E-state index is 13.7. The largest absolute Gasteiger partial charge is 0.508 e. The number of para-hydroxylation sites is 1. The van der Waals surface area contributed by atoms with Crippen molar-refractivity contribution in [2.75, 3.05) is 0 Å². The smallest absolute Gasteiger partial charge is 0.120 e. The first-order valence-corrected chi connectivity index (χ1v) is 5.69. The van der Waals surface area contributed by atoms with Crippen LogP contribution in [0.1, 0.15) is 38.2 Å². The van der Waals surface area contributed by atoms with Crippen LogP contribution in [0.3, 0.4) is 0 Å². The van der Waals surface area contributed by atoms with Crippen molar-refractivity contribution in [2.45, 2.75) is 43.8 Å². The molecule has 2 nitrogen and oxygen atoms in total. The lowest BCUT2D eigenvalue weighted by atomic mass is 9.72. The molecular formula is C13H18FNO. The van der Waals surface area contributed by atoms with Crippen molar-refractivity contribution in [2.24, 2.45) is 5.73 Å². The second-order valence-corrected chi connectivity index (χ2v) is 5.09. The molecule has 16 heavy (non-hydrogen) atoms. The van der Waals surface area contributed by atoms with Crippen molar-refractivity contribution in [1.29, 1.82) is 0 Å². The van der Waals surface area contributed by atoms with Crippen LogP contribution in [0.2, 0.25) is 0 Å². The number of alkyl halides is 1. The Bertz CT molecular complexity index is 379. The topological polar surface area (TPSA) is 46.2 Å². The molecule has 1 aliphatic carbocycles. The zero-order valence-electron chi connectivity index (χ0n) is 9.54. The predicted molar refractivity (Wildman–Crippen MR) is 62.0 cm³/mol. The van der Waals surface area contributed by atoms with Crippen LogP contribution < -0.4 is 5.73 Å². The number of hydrogen-bond donors (Lipinski definition) is 2. The number of phenols is 1. The Morgan fingerprint density at radius 1 is 1.19 bits per heavy atom. The maximum absolute atomic E-state index is 13.7. The molecule has 2 rings (SSSR count). The average molecular weight is 223 g/mol. The molecule has 1 aromatic rings. The second kappa shape index (κ2) is 3.74. The van der Waals surface area contributed by atoms with Crippen LogP contribution in [0.15, 0.2) is 24.3 Å². The Hall–Kier alpha value is -1.09. The Balaban J connectivity index is 2.25. The molecule has 0 spiro atoms. The average Bonchev–Trinajstić information content (AvgIpc) is 2.24. The van der Waals surface area contributed by atoms with Gasteiger partial charge in [0.2, 0.25) is 0 Å². The van der Waals surface area contributed by atoms with Gasteiger partial charge in [-0.2, -0.15) is 0 Å². The quantitative estimate of drug-likeness (QED) is 0.769. The van der Waals surface area contributed by atoms with E-state index in [0.717, 1.165) is 5.56 Å². The number of hydrogen-bond acceptors (Lipinski definition) is 2. The van der Waals surface area contributed by atoms with Gasteiger partial charge in [0.25, 0.3) is 0 Å². The fourth-order valence-corrected chi connectivity index (χ4v) is 2.38. The van der Waals surface area contributed by atoms with Crippen LogP contribution in [-0.2, 0) is 5.54 Å². The van der Waals surface area contributed by atoms with E-state index in [1.165, 1.54) is 0 Å². The third-order valence-electron chi connectivity index (χ3n) is 3.63. The Labute approximate surface area is 95.3 Å². The molecule has 0 saturated heterocycles. The highest BCUT2D eigenvalue weighted by Gasteiger charge is 2.40. The van der Waals surface area contributed by atoms with Crippen LogP contribution in [0, 0.1) is 0 Å². The number of rotatable bonds is 1. The lowest BCUT2D eigenvalue weighted by Gasteiger charge is -2.39. The summed E-state index contributed by atoms with van der Waals surface area (Å²) in [5.41, 5.74) is 5.34. The highest BCUT2D eigenvalue weighted by atomic mass is 19.1. The summed E-state index contributed by atoms with van der Waals surface area (Å²) >= 11 is 0. The lowest BCUT2D eigenvalue weighted by molar-refractivity contribution is 0.0888. The Kier molecular flexibility index (Phi) is 2.66. The van der Waals surface area contributed by atoms with Crippen LogP contribution >= 0.6 is 0 Å². The van der Waals surface area contributed by atoms with E-state index in [4.69, 9.17) is 5.73 Å². The van der Waals surface area contributed by atoms with Gasteiger partial charge in [-0.05, 0) is 38.7 Å². The molecule has 1 saturated carbocycles. The first kappa shape index (κ1) is 11.4. The van der Waals surface area contributed by atoms with E-state index in [1.807, 2.05) is 12.1 Å². The third kappa shape index (κ3) is 2.05. The van der Waals surface area contributed by atoms with Gasteiger partial charge in [0.05, 0.1) is 0 Å². The second-order valence-electron chi connectivity index (χ2n) is 5.09. The minimum Gasteiger partial charge on any atom is -0.508 e. The van der Waals surface area contributed by atoms with Gasteiger partial charge in [0, 0.05) is 11.1 Å². The summed E-state index contributed by atoms with van der Waals surface area (Å²) in [6, 6.07) is 7.08. The van der Waals surface area contributed by atoms with Crippen LogP contribution in [0.5, 0.6) is 5.75 Å². The van der Waals surface area contributed by atoms with E-state index in [1.54, 1.807) is 19.1 Å². The number of nitrogens with two attached hydrogens (primary N) is 1. The van der Waals surface area contributed by atoms with Crippen molar-refractivity contribution in [3.05, 3.63) is 29.8 Å². The monoisotopic (exact) mass is 223 g/mol. The van der Waals surface area contributed by atoms with E-state index >= 15 is 0 Å². The van der Waals surface area contributed by atoms with Crippen molar-refractivity contribution >= 4 is 0 Å². The number of halogens is 1. The zero-order valence-corrected chi connectivity index (χ0v) is 9.54. The molecule has 1 fully saturated rings. The van der Waals surface area contributed by atoms with Crippen molar-refractivity contribution in [3.63, 3.8) is 0 Å². The molecule has 88 valence electrons. The normalized spacial score (nSPS) is 34.9. The fraction of sp³-hybridized carbons (Fsp3) is 0.538. The molecule has 0 bridgehead atoms. The molecule has 0 aliphatic heterocycles. The molecule has 0 atom stereocenters. The number of phenolic OH excluding ortho intramolecular Hbond substituents is 1. The van der Waals surface area contributed by atoms with Gasteiger partial charge in [-0.1, -0.05) is 18.2 Å². The van der Waals surface area contributed by atoms with Gasteiger partial charge < -0.3 is 10.8 Å². The summed E-state index contributed by atoms with van der Waals surface area (Å²) in [7, 11) is 0. The summed E-state index contributed by atoms with van der Waals surface area (Å²) in [5, 5.41) is 9.78. The van der Waals surface area contributed by atoms with E-state index in [9.17, 15) is 9.50 Å². The van der Waals surface area contributed by atoms with E-state index in [-0.39, 0.29) is 5.75 Å². The Morgan fingerprint density at radius 2 is 1.75 bits per heavy atom. The van der Waals surface area contributed by atoms with Crippen LogP contribution in [0.4, 0.5) is 4.39 Å². The maximum Gasteiger partial charge on any atom is 0.120 e. The standard InChI is InChI=1S/C13H18FNO/c1-12(14)6-8-13(15,9-7-12)10-4-2-3-5-11(10)16/h2-5,16H,6-9,15H2,1H3. The van der Waals surface area contributed by atoms with Gasteiger partial charge in [0.15, 0.2) is 0 Å². The number of aromatic hydroxyl groups is 1. The molecule has 3 N–H and O–H groups in total. The molecule has 0 radical (unpaired) electrons. The first-order valence-electron chi connectivity index (χ1n) is 5.69. The zero-order chi connectivity index (χ0) is 11.8. The van der Waals surface area contributed by atoms with Gasteiger partial charge >= 0.3 is 0 Å². The molecule has 0 aromatic heterocycles. The minimum atomic E-state index is -1.10. The van der Waals surface area contributed by atoms with Gasteiger partial charge in [-0.3, -0.25) is 0 Å². The van der Waals surface area contributed by atoms with Crippen molar-refractivity contribution in [1.82, 2.24) is 0 Å². The van der Waals surface area contributed by atoms with Gasteiger partial charge in [-0.15, -0.1) is 0 Å². The van der Waals surface area contributed by atoms with E-state index in [0.29, 0.717) is 25.7 Å². The molecule has 0 unspecified atom stereocenters. The van der Waals surface area contributed by atoms with Crippen LogP contribution in [-0.4, -0.2) is 10.8 Å². The molecule has 1 aliphatic rings. The molecule has 0 amide bonds. The summed E-state index contributed by atoms with van der Waals surface area (Å²) < 4.78 is 13.7. The molecule has 0 heterocycles. The minimum absolute atomic E-state index is 0.215. The van der Waals surface area contributed by atoms with Gasteiger partial charge in [-0.25, -0.2) is 4.39 Å². The Morgan fingerprint density at radius 3 is 2.31 bits per heavy atom. The van der Waals surface area contributed by atoms with Gasteiger partial charge in [0.1, 0.15) is 11.4 Å². The summed E-state index contributed by atoms with van der Waals surface area (Å²) in [6.07, 6.45) is 2.07. The summed E-state index contributed by atoms with van der Waals surface area (Å²) in [4.78, 5) is 0. The predicted octanol–water partition coefficient (Wildman–Crippen LogP) is 2.85. The summed E-state index contributed by atoms with van der Waals surface area (Å²) in [5.74, 6) is 0.215. The number of benzene rings is 1. The fourth-order valence-electron chi connectivity index (χ4n) is 2.38. The summed E-state index contributed by atoms with van der Waals surface area (Å²) in [6.45, 7) is 1.62. The van der Waals surface area contributed by atoms with Crippen LogP contribution in [0.25, 0.3) is 0 Å². The molecular weight excluding hydrogens is 205 g/mol. The van der Waals surface area contributed by atoms with E-state index < -0.39 is 11.2 Å². The van der Waals surface area contributed by atoms with Crippen molar-refractivity contribution in [3.8, 4) is 5.75 Å². The lowest BCUT2D eigenvalue weighted by Crippen LogP contribution is -2.43. The molecule has 1 aromatic carbocycles.